The molecule has 0 aliphatic heterocycles. The monoisotopic (exact) mass is 513 g/mol. The number of aliphatic hydroxyl groups excluding tert-OH is 1. The smallest absolute Gasteiger partial charge is 0.408 e. The van der Waals surface area contributed by atoms with Crippen LogP contribution in [0.2, 0.25) is 0 Å². The highest BCUT2D eigenvalue weighted by Crippen LogP contribution is 2.27. The Kier molecular flexibility index (Phi) is 10.5. The summed E-state index contributed by atoms with van der Waals surface area (Å²) >= 11 is 0. The van der Waals surface area contributed by atoms with Gasteiger partial charge in [-0.2, -0.15) is 0 Å². The van der Waals surface area contributed by atoms with Crippen molar-refractivity contribution in [3.8, 4) is 5.75 Å². The largest absolute Gasteiger partial charge is 0.497 e. The average Bonchev–Trinajstić information content (AvgIpc) is 2.83. The van der Waals surface area contributed by atoms with Crippen LogP contribution in [0, 0.1) is 13.8 Å². The Bertz CT molecular complexity index is 1080. The molecule has 0 aliphatic rings. The van der Waals surface area contributed by atoms with Crippen LogP contribution in [0.25, 0.3) is 0 Å². The molecule has 2 unspecified atom stereocenters. The number of carbonyl (C=O) groups is 3. The molecule has 202 valence electrons. The van der Waals surface area contributed by atoms with Gasteiger partial charge < -0.3 is 30.1 Å². The molecule has 2 atom stereocenters. The van der Waals surface area contributed by atoms with Gasteiger partial charge >= 0.3 is 6.09 Å². The Hall–Kier alpha value is -3.59. The van der Waals surface area contributed by atoms with E-state index in [1.807, 2.05) is 39.0 Å². The van der Waals surface area contributed by atoms with Gasteiger partial charge in [-0.3, -0.25) is 9.59 Å². The lowest BCUT2D eigenvalue weighted by atomic mass is 9.98. The summed E-state index contributed by atoms with van der Waals surface area (Å²) < 4.78 is 10.4. The van der Waals surface area contributed by atoms with Gasteiger partial charge in [-0.05, 0) is 82.0 Å². The summed E-state index contributed by atoms with van der Waals surface area (Å²) in [6, 6.07) is 10.2. The van der Waals surface area contributed by atoms with Gasteiger partial charge in [-0.25, -0.2) is 4.79 Å². The Labute approximate surface area is 219 Å². The molecule has 0 saturated carbocycles. The summed E-state index contributed by atoms with van der Waals surface area (Å²) in [6.07, 6.45) is -0.283. The molecule has 9 heteroatoms. The molecule has 0 fully saturated rings. The summed E-state index contributed by atoms with van der Waals surface area (Å²) in [6.45, 7) is 10.4. The number of nitrogens with zero attached hydrogens (tertiary/aromatic N) is 1. The number of rotatable bonds is 10. The Morgan fingerprint density at radius 1 is 1.03 bits per heavy atom. The van der Waals surface area contributed by atoms with Crippen molar-refractivity contribution in [2.24, 2.45) is 0 Å². The molecular formula is C28H39N3O6. The second-order valence-corrected chi connectivity index (χ2v) is 9.88. The van der Waals surface area contributed by atoms with E-state index in [0.717, 1.165) is 11.1 Å². The van der Waals surface area contributed by atoms with Gasteiger partial charge in [-0.15, -0.1) is 0 Å². The van der Waals surface area contributed by atoms with Crippen LogP contribution in [-0.4, -0.2) is 59.8 Å². The third-order valence-corrected chi connectivity index (χ3v) is 5.68. The quantitative estimate of drug-likeness (QED) is 0.440. The highest BCUT2D eigenvalue weighted by Gasteiger charge is 2.36. The standard InChI is InChI=1S/C28H39N3O6/c1-8-15-31(26(34)23(17-32)30-27(35)37-28(4,5)6)24(20-10-9-18(2)19(3)16-20)25(33)29-21-11-13-22(36-7)14-12-21/h9-14,16,23-24,32H,8,15,17H2,1-7H3,(H,29,33)(H,30,35). The van der Waals surface area contributed by atoms with Gasteiger partial charge in [0.05, 0.1) is 13.7 Å². The van der Waals surface area contributed by atoms with E-state index in [-0.39, 0.29) is 6.54 Å². The van der Waals surface area contributed by atoms with E-state index < -0.39 is 42.2 Å². The first kappa shape index (κ1) is 29.6. The molecule has 0 saturated heterocycles. The molecule has 37 heavy (non-hydrogen) atoms. The van der Waals surface area contributed by atoms with Crippen molar-refractivity contribution in [3.05, 3.63) is 59.2 Å². The highest BCUT2D eigenvalue weighted by atomic mass is 16.6. The van der Waals surface area contributed by atoms with Gasteiger partial charge in [-0.1, -0.05) is 25.1 Å². The summed E-state index contributed by atoms with van der Waals surface area (Å²) in [4.78, 5) is 41.1. The molecule has 3 amide bonds. The summed E-state index contributed by atoms with van der Waals surface area (Å²) in [5.41, 5.74) is 2.38. The lowest BCUT2D eigenvalue weighted by molar-refractivity contribution is -0.141. The van der Waals surface area contributed by atoms with Gasteiger partial charge in [0, 0.05) is 12.2 Å². The third kappa shape index (κ3) is 8.49. The fraction of sp³-hybridized carbons (Fsp3) is 0.464. The minimum absolute atomic E-state index is 0.221. The number of ether oxygens (including phenoxy) is 2. The molecule has 2 aromatic rings. The number of alkyl carbamates (subject to hydrolysis) is 1. The van der Waals surface area contributed by atoms with Crippen molar-refractivity contribution in [3.63, 3.8) is 0 Å². The average molecular weight is 514 g/mol. The fourth-order valence-electron chi connectivity index (χ4n) is 3.74. The lowest BCUT2D eigenvalue weighted by Crippen LogP contribution is -2.54. The summed E-state index contributed by atoms with van der Waals surface area (Å²) in [7, 11) is 1.56. The Morgan fingerprint density at radius 2 is 1.68 bits per heavy atom. The summed E-state index contributed by atoms with van der Waals surface area (Å²) in [5, 5.41) is 15.3. The van der Waals surface area contributed by atoms with Crippen molar-refractivity contribution in [1.82, 2.24) is 10.2 Å². The van der Waals surface area contributed by atoms with E-state index in [9.17, 15) is 19.5 Å². The number of hydrogen-bond donors (Lipinski definition) is 3. The molecule has 9 nitrogen and oxygen atoms in total. The van der Waals surface area contributed by atoms with Crippen LogP contribution in [0.1, 0.15) is 56.8 Å². The predicted octanol–water partition coefficient (Wildman–Crippen LogP) is 4.12. The number of carbonyl (C=O) groups excluding carboxylic acids is 3. The van der Waals surface area contributed by atoms with Gasteiger partial charge in [0.15, 0.2) is 0 Å². The van der Waals surface area contributed by atoms with Crippen molar-refractivity contribution in [2.75, 3.05) is 25.6 Å². The molecule has 2 aromatic carbocycles. The molecule has 0 bridgehead atoms. The van der Waals surface area contributed by atoms with Crippen molar-refractivity contribution in [2.45, 2.75) is 65.6 Å². The maximum Gasteiger partial charge on any atom is 0.408 e. The molecule has 0 heterocycles. The molecule has 0 spiro atoms. The van der Waals surface area contributed by atoms with Gasteiger partial charge in [0.1, 0.15) is 23.4 Å². The molecule has 0 radical (unpaired) electrons. The van der Waals surface area contributed by atoms with E-state index in [1.54, 1.807) is 52.1 Å². The lowest BCUT2D eigenvalue weighted by Gasteiger charge is -2.34. The zero-order chi connectivity index (χ0) is 27.8. The topological polar surface area (TPSA) is 117 Å². The van der Waals surface area contributed by atoms with E-state index in [2.05, 4.69) is 10.6 Å². The highest BCUT2D eigenvalue weighted by molar-refractivity contribution is 5.99. The molecule has 2 rings (SSSR count). The Balaban J connectivity index is 2.45. The van der Waals surface area contributed by atoms with E-state index in [1.165, 1.54) is 4.90 Å². The maximum atomic E-state index is 13.7. The SMILES string of the molecule is CCCN(C(=O)C(CO)NC(=O)OC(C)(C)C)C(C(=O)Nc1ccc(OC)cc1)c1ccc(C)c(C)c1. The maximum absolute atomic E-state index is 13.7. The van der Waals surface area contributed by atoms with Crippen molar-refractivity contribution >= 4 is 23.6 Å². The van der Waals surface area contributed by atoms with Crippen LogP contribution in [0.5, 0.6) is 5.75 Å². The zero-order valence-electron chi connectivity index (χ0n) is 22.8. The first-order valence-electron chi connectivity index (χ1n) is 12.3. The number of nitrogens with one attached hydrogen (secondary N) is 2. The summed E-state index contributed by atoms with van der Waals surface area (Å²) in [5.74, 6) is -0.377. The molecular weight excluding hydrogens is 474 g/mol. The van der Waals surface area contributed by atoms with Crippen LogP contribution in [0.4, 0.5) is 10.5 Å². The second kappa shape index (κ2) is 13.1. The van der Waals surface area contributed by atoms with Crippen LogP contribution in [0.15, 0.2) is 42.5 Å². The minimum Gasteiger partial charge on any atom is -0.497 e. The second-order valence-electron chi connectivity index (χ2n) is 9.88. The van der Waals surface area contributed by atoms with Crippen LogP contribution in [0.3, 0.4) is 0 Å². The number of aliphatic hydroxyl groups is 1. The number of methoxy groups -OCH3 is 1. The molecule has 3 N–H and O–H groups in total. The predicted molar refractivity (Wildman–Crippen MR) is 143 cm³/mol. The molecule has 0 aliphatic carbocycles. The normalized spacial score (nSPS) is 12.8. The van der Waals surface area contributed by atoms with Crippen molar-refractivity contribution in [1.29, 1.82) is 0 Å². The first-order valence-corrected chi connectivity index (χ1v) is 12.3. The number of hydrogen-bond acceptors (Lipinski definition) is 6. The van der Waals surface area contributed by atoms with Gasteiger partial charge in [0.25, 0.3) is 5.91 Å². The van der Waals surface area contributed by atoms with Crippen molar-refractivity contribution < 1.29 is 29.0 Å². The fourth-order valence-corrected chi connectivity index (χ4v) is 3.74. The number of anilines is 1. The van der Waals surface area contributed by atoms with Crippen LogP contribution < -0.4 is 15.4 Å². The van der Waals surface area contributed by atoms with Crippen LogP contribution in [-0.2, 0) is 14.3 Å². The minimum atomic E-state index is -1.29. The number of benzene rings is 2. The third-order valence-electron chi connectivity index (χ3n) is 5.68. The zero-order valence-corrected chi connectivity index (χ0v) is 22.8. The first-order chi connectivity index (χ1) is 17.4. The number of aryl methyl sites for hydroxylation is 2. The Morgan fingerprint density at radius 3 is 2.19 bits per heavy atom. The van der Waals surface area contributed by atoms with E-state index in [4.69, 9.17) is 9.47 Å². The van der Waals surface area contributed by atoms with E-state index >= 15 is 0 Å². The number of amides is 3. The molecule has 0 aromatic heterocycles. The van der Waals surface area contributed by atoms with E-state index in [0.29, 0.717) is 23.4 Å². The van der Waals surface area contributed by atoms with Gasteiger partial charge in [0.2, 0.25) is 5.91 Å². The van der Waals surface area contributed by atoms with Crippen LogP contribution >= 0.6 is 0 Å².